The van der Waals surface area contributed by atoms with Crippen molar-refractivity contribution in [1.29, 1.82) is 0 Å². The molecular formula is C93H182N12O2. The normalized spacial score (nSPS) is 28.3. The molecule has 4 saturated carbocycles. The van der Waals surface area contributed by atoms with E-state index >= 15 is 0 Å². The lowest BCUT2D eigenvalue weighted by molar-refractivity contribution is -0.132. The standard InChI is InChI=1S/C14H20N2O2.C11H21N.2C10H20N2.2C10H19N.C9H17N.C9H19N.C7H15N.3CH4/c1-12(2)15-8-10-16(11-9-15)18-14(17)13-6-4-3-5-7-13;1-10(2)12-9-5-8-11(12)6-3-4-7-11;1-9(2)12-6-4-10(8-12)3-5-11-7-10;1-9(2)12-7-5-10(8-12)4-3-6-11-10;1-8(2)11-6-9-4-3-5-10(9)7-11;1-9(2)11-7-10(8-11)5-3-4-6-10;1-8(2)10-6-9(7-10)4-3-5-9;1-4-5-9-6-10(7-9)8(2)3;1-6(2)8-4-7(3)5-8;;;/h3-7,12H,8-11H2,1-2H3;10H,3-9H2,1-2H3;2*9,11H,3-8H2,1-2H3;8-10H,3-7H2,1-2H3;9H,3-8H2,1-2H3;8H,3-7H2,1-2H3;8-9H,4-7H2,1-3H3;6-7H,4-5H2,1-3H3;3*1H4. The zero-order valence-electron chi connectivity index (χ0n) is 72.0. The topological polar surface area (TPSA) is 82.8 Å². The van der Waals surface area contributed by atoms with E-state index in [0.717, 1.165) is 109 Å². The van der Waals surface area contributed by atoms with Gasteiger partial charge < -0.3 is 35.1 Å². The highest BCUT2D eigenvalue weighted by molar-refractivity contribution is 5.89. The van der Waals surface area contributed by atoms with E-state index in [1.54, 1.807) is 17.2 Å². The molecule has 1 aromatic carbocycles. The number of carbonyl (C=O) groups excluding carboxylic acids is 1. The molecule has 0 amide bonds. The van der Waals surface area contributed by atoms with Crippen LogP contribution in [0, 0.1) is 39.9 Å². The minimum atomic E-state index is -0.270. The minimum absolute atomic E-state index is 0. The molecule has 14 heteroatoms. The van der Waals surface area contributed by atoms with Gasteiger partial charge in [0, 0.05) is 183 Å². The molecule has 0 bridgehead atoms. The number of hydrogen-bond donors (Lipinski definition) is 2. The molecule has 15 fully saturated rings. The Morgan fingerprint density at radius 2 is 0.879 bits per heavy atom. The number of hydroxylamine groups is 2. The third kappa shape index (κ3) is 28.3. The van der Waals surface area contributed by atoms with E-state index in [1.807, 2.05) is 18.2 Å². The Bertz CT molecular complexity index is 2440. The average Bonchev–Trinajstić information content (AvgIpc) is 1.72. The lowest BCUT2D eigenvalue weighted by Crippen LogP contribution is -2.61. The number of rotatable bonds is 13. The van der Waals surface area contributed by atoms with Gasteiger partial charge in [-0.2, -0.15) is 0 Å². The molecule has 4 atom stereocenters. The van der Waals surface area contributed by atoms with Crippen molar-refractivity contribution < 1.29 is 9.63 Å². The third-order valence-corrected chi connectivity index (χ3v) is 28.4. The molecule has 4 unspecified atom stereocenters. The van der Waals surface area contributed by atoms with Gasteiger partial charge in [0.1, 0.15) is 0 Å². The second-order valence-electron chi connectivity index (χ2n) is 39.4. The van der Waals surface area contributed by atoms with Gasteiger partial charge in [0.15, 0.2) is 0 Å². The van der Waals surface area contributed by atoms with Gasteiger partial charge in [-0.3, -0.25) is 24.5 Å². The van der Waals surface area contributed by atoms with Crippen molar-refractivity contribution >= 4 is 5.97 Å². The summed E-state index contributed by atoms with van der Waals surface area (Å²) in [5.41, 5.74) is 4.06. The average molecular weight is 1500 g/mol. The lowest BCUT2D eigenvalue weighted by Gasteiger charge is -2.57. The molecule has 4 aliphatic carbocycles. The molecule has 11 heterocycles. The van der Waals surface area contributed by atoms with Crippen LogP contribution in [0.25, 0.3) is 0 Å². The first-order valence-electron chi connectivity index (χ1n) is 44.7. The first-order valence-corrected chi connectivity index (χ1v) is 44.7. The smallest absolute Gasteiger partial charge is 0.357 e. The second-order valence-corrected chi connectivity index (χ2v) is 39.4. The number of carbonyl (C=O) groups is 1. The fourth-order valence-corrected chi connectivity index (χ4v) is 20.8. The van der Waals surface area contributed by atoms with Crippen LogP contribution in [-0.4, -0.2) is 265 Å². The summed E-state index contributed by atoms with van der Waals surface area (Å²) in [5, 5.41) is 8.92. The molecule has 0 radical (unpaired) electrons. The van der Waals surface area contributed by atoms with Gasteiger partial charge in [-0.1, -0.05) is 99.3 Å². The summed E-state index contributed by atoms with van der Waals surface area (Å²) in [4.78, 5) is 40.4. The molecule has 14 nitrogen and oxygen atoms in total. The van der Waals surface area contributed by atoms with Crippen LogP contribution in [0.1, 0.15) is 319 Å². The van der Waals surface area contributed by atoms with Crippen molar-refractivity contribution in [2.24, 2.45) is 39.9 Å². The van der Waals surface area contributed by atoms with Crippen LogP contribution in [0.5, 0.6) is 0 Å². The summed E-state index contributed by atoms with van der Waals surface area (Å²) >= 11 is 0. The maximum Gasteiger partial charge on any atom is 0.357 e. The first-order chi connectivity index (χ1) is 49.5. The molecular weight excluding hydrogens is 1320 g/mol. The van der Waals surface area contributed by atoms with Crippen LogP contribution in [-0.2, 0) is 4.84 Å². The maximum atomic E-state index is 11.9. The SMILES string of the molecule is C.C.C.CC(C)N1CC2(CCC2)C1.CC(C)N1CC2(CCCC2)C1.CC(C)N1CC2CCCC2C1.CC(C)N1CCC2(CCCN2)C1.CC(C)N1CCC2(CCNC2)C1.CC(C)N1CCCC12CCCC2.CC(C)N1CCN(OC(=O)c2ccccc2)CC1.CC1CN(C(C)C)C1.CCCC1CN(C(C)C)C1. The predicted molar refractivity (Wildman–Crippen MR) is 464 cm³/mol. The number of likely N-dealkylation sites (tertiary alicyclic amines) is 8. The second kappa shape index (κ2) is 45.5. The number of nitrogens with zero attached hydrogens (tertiary/aromatic N) is 10. The molecule has 11 saturated heterocycles. The van der Waals surface area contributed by atoms with E-state index in [1.165, 1.54) is 265 Å². The Balaban J connectivity index is 0.000000217. The van der Waals surface area contributed by atoms with Crippen molar-refractivity contribution in [3.63, 3.8) is 0 Å². The van der Waals surface area contributed by atoms with Gasteiger partial charge in [-0.25, -0.2) is 4.79 Å². The quantitative estimate of drug-likeness (QED) is 0.197. The van der Waals surface area contributed by atoms with Gasteiger partial charge in [-0.05, 0) is 306 Å². The Labute approximate surface area is 665 Å². The highest BCUT2D eigenvalue weighted by Crippen LogP contribution is 2.49. The van der Waals surface area contributed by atoms with E-state index in [-0.39, 0.29) is 28.2 Å². The third-order valence-electron chi connectivity index (χ3n) is 28.4. The summed E-state index contributed by atoms with van der Waals surface area (Å²) in [6, 6.07) is 15.8. The number of nitrogens with one attached hydrogen (secondary N) is 2. The van der Waals surface area contributed by atoms with Gasteiger partial charge >= 0.3 is 5.97 Å². The molecule has 15 aliphatic rings. The fourth-order valence-electron chi connectivity index (χ4n) is 20.8. The monoisotopic (exact) mass is 1500 g/mol. The highest BCUT2D eigenvalue weighted by Gasteiger charge is 2.49. The number of fused-ring (bicyclic) bond motifs is 1. The zero-order chi connectivity index (χ0) is 75.4. The molecule has 2 N–H and O–H groups in total. The largest absolute Gasteiger partial charge is 0.364 e. The van der Waals surface area contributed by atoms with Crippen LogP contribution >= 0.6 is 0 Å². The highest BCUT2D eigenvalue weighted by atomic mass is 16.7. The summed E-state index contributed by atoms with van der Waals surface area (Å²) in [6.45, 7) is 73.3. The van der Waals surface area contributed by atoms with Crippen LogP contribution < -0.4 is 10.6 Å². The lowest BCUT2D eigenvalue weighted by atomic mass is 9.63. The van der Waals surface area contributed by atoms with E-state index in [4.69, 9.17) is 4.84 Å². The summed E-state index contributed by atoms with van der Waals surface area (Å²) in [7, 11) is 0. The van der Waals surface area contributed by atoms with Gasteiger partial charge in [-0.15, -0.1) is 5.06 Å². The van der Waals surface area contributed by atoms with Crippen molar-refractivity contribution in [3.8, 4) is 0 Å². The Morgan fingerprint density at radius 1 is 0.421 bits per heavy atom. The fraction of sp³-hybridized carbons (Fsp3) is 0.925. The van der Waals surface area contributed by atoms with E-state index in [0.29, 0.717) is 28.1 Å². The Kier molecular flexibility index (Phi) is 40.7. The molecule has 0 aromatic heterocycles. The van der Waals surface area contributed by atoms with Crippen molar-refractivity contribution in [2.75, 3.05) is 144 Å². The predicted octanol–water partition coefficient (Wildman–Crippen LogP) is 18.6. The van der Waals surface area contributed by atoms with Crippen molar-refractivity contribution in [3.05, 3.63) is 35.9 Å². The molecule has 11 aliphatic heterocycles. The van der Waals surface area contributed by atoms with Crippen molar-refractivity contribution in [2.45, 2.75) is 374 Å². The summed E-state index contributed by atoms with van der Waals surface area (Å²) < 4.78 is 0. The molecule has 16 rings (SSSR count). The van der Waals surface area contributed by atoms with Crippen LogP contribution in [0.2, 0.25) is 0 Å². The first kappa shape index (κ1) is 95.8. The van der Waals surface area contributed by atoms with Crippen LogP contribution in [0.4, 0.5) is 0 Å². The van der Waals surface area contributed by atoms with Crippen LogP contribution in [0.3, 0.4) is 0 Å². The van der Waals surface area contributed by atoms with Gasteiger partial charge in [0.25, 0.3) is 0 Å². The minimum Gasteiger partial charge on any atom is -0.364 e. The summed E-state index contributed by atoms with van der Waals surface area (Å²) in [6.07, 6.45) is 33.6. The number of hydrogen-bond acceptors (Lipinski definition) is 14. The number of benzene rings is 1. The molecule has 5 spiro atoms. The van der Waals surface area contributed by atoms with Gasteiger partial charge in [0.2, 0.25) is 0 Å². The maximum absolute atomic E-state index is 11.9. The zero-order valence-corrected chi connectivity index (χ0v) is 72.0. The van der Waals surface area contributed by atoms with E-state index < -0.39 is 0 Å². The molecule has 1 aromatic rings. The summed E-state index contributed by atoms with van der Waals surface area (Å²) in [5.74, 6) is 3.84. The molecule has 107 heavy (non-hydrogen) atoms. The Hall–Kier alpha value is -1.79. The Morgan fingerprint density at radius 3 is 1.29 bits per heavy atom. The van der Waals surface area contributed by atoms with E-state index in [9.17, 15) is 4.79 Å². The number of piperazine rings is 1. The van der Waals surface area contributed by atoms with E-state index in [2.05, 4.69) is 193 Å². The van der Waals surface area contributed by atoms with Crippen molar-refractivity contribution in [1.82, 2.24) is 59.8 Å². The van der Waals surface area contributed by atoms with Crippen LogP contribution in [0.15, 0.2) is 30.3 Å². The molecule has 626 valence electrons. The van der Waals surface area contributed by atoms with Gasteiger partial charge in [0.05, 0.1) is 5.56 Å².